The minimum absolute atomic E-state index is 0.128. The van der Waals surface area contributed by atoms with Gasteiger partial charge in [0.25, 0.3) is 0 Å². The number of carbonyl (C=O) groups excluding carboxylic acids is 1. The highest BCUT2D eigenvalue weighted by molar-refractivity contribution is 6.42. The van der Waals surface area contributed by atoms with E-state index >= 15 is 0 Å². The van der Waals surface area contributed by atoms with Crippen molar-refractivity contribution in [2.75, 3.05) is 6.54 Å². The third-order valence-corrected chi connectivity index (χ3v) is 6.00. The summed E-state index contributed by atoms with van der Waals surface area (Å²) >= 11 is 19.2. The van der Waals surface area contributed by atoms with Gasteiger partial charge in [-0.1, -0.05) is 65.1 Å². The van der Waals surface area contributed by atoms with Gasteiger partial charge in [-0.2, -0.15) is 9.28 Å². The molecule has 2 unspecified atom stereocenters. The van der Waals surface area contributed by atoms with Crippen LogP contribution in [-0.4, -0.2) is 40.4 Å². The summed E-state index contributed by atoms with van der Waals surface area (Å²) in [5.74, 6) is -0.539. The summed E-state index contributed by atoms with van der Waals surface area (Å²) in [5.41, 5.74) is 6.93. The largest absolute Gasteiger partial charge is 0.524 e. The zero-order valence-corrected chi connectivity index (χ0v) is 18.9. The number of hydrogen-bond acceptors (Lipinski definition) is 4. The minimum atomic E-state index is -1.75. The summed E-state index contributed by atoms with van der Waals surface area (Å²) in [6.07, 6.45) is 1.89. The van der Waals surface area contributed by atoms with E-state index in [-0.39, 0.29) is 23.2 Å². The number of amides is 1. The van der Waals surface area contributed by atoms with Gasteiger partial charge >= 0.3 is 6.09 Å². The monoisotopic (exact) mass is 480 g/mol. The van der Waals surface area contributed by atoms with E-state index in [4.69, 9.17) is 40.5 Å². The molecule has 0 radical (unpaired) electrons. The Morgan fingerprint density at radius 3 is 2.45 bits per heavy atom. The predicted octanol–water partition coefficient (Wildman–Crippen LogP) is 5.43. The molecule has 0 aliphatic carbocycles. The van der Waals surface area contributed by atoms with Gasteiger partial charge in [-0.05, 0) is 30.7 Å². The molecular weight excluding hydrogens is 461 g/mol. The highest BCUT2D eigenvalue weighted by Crippen LogP contribution is 2.39. The molecule has 0 bridgehead atoms. The number of quaternary nitrogens is 1. The van der Waals surface area contributed by atoms with E-state index in [1.165, 1.54) is 30.7 Å². The molecule has 162 valence electrons. The molecule has 9 heteroatoms. The summed E-state index contributed by atoms with van der Waals surface area (Å²) in [5, 5.41) is 10.6. The fraction of sp³-hybridized carbons (Fsp3) is 0.227. The topological polar surface area (TPSA) is 92.8 Å². The second-order valence-corrected chi connectivity index (χ2v) is 9.03. The molecule has 2 aromatic carbocycles. The van der Waals surface area contributed by atoms with Crippen LogP contribution in [-0.2, 0) is 4.87 Å². The molecule has 0 aromatic heterocycles. The Hall–Kier alpha value is -2.22. The average molecular weight is 482 g/mol. The van der Waals surface area contributed by atoms with Gasteiger partial charge in [-0.25, -0.2) is 4.99 Å². The standard InChI is InChI=1S/C22H20Cl3N3O3/c1-14(26)9-17-11-28(13-27-17,21(30)31)12-22(25,15-5-3-2-4-6-15)20(29)18-8-7-16(23)10-19(18)24/h2-8,10-11,13-14H,9,12,26H2,1H3/p+1/t14-,22?,28?/m1/s1. The Morgan fingerprint density at radius 1 is 1.19 bits per heavy atom. The van der Waals surface area contributed by atoms with Crippen molar-refractivity contribution in [3.63, 3.8) is 0 Å². The summed E-state index contributed by atoms with van der Waals surface area (Å²) in [6.45, 7) is 1.48. The average Bonchev–Trinajstić information content (AvgIpc) is 3.11. The van der Waals surface area contributed by atoms with E-state index < -0.39 is 21.2 Å². The zero-order valence-electron chi connectivity index (χ0n) is 16.6. The lowest BCUT2D eigenvalue weighted by Crippen LogP contribution is -2.54. The first-order valence-corrected chi connectivity index (χ1v) is 10.6. The number of benzene rings is 2. The van der Waals surface area contributed by atoms with E-state index in [0.29, 0.717) is 22.7 Å². The first-order valence-electron chi connectivity index (χ1n) is 9.45. The third kappa shape index (κ3) is 4.84. The van der Waals surface area contributed by atoms with Crippen molar-refractivity contribution >= 4 is 53.0 Å². The number of Topliss-reactive ketones (excluding diaryl/α,β-unsaturated/α-hetero) is 1. The maximum atomic E-state index is 13.7. The number of carbonyl (C=O) groups is 2. The van der Waals surface area contributed by atoms with Gasteiger partial charge in [0.15, 0.2) is 10.7 Å². The van der Waals surface area contributed by atoms with E-state index in [2.05, 4.69) is 4.99 Å². The molecule has 1 heterocycles. The van der Waals surface area contributed by atoms with Crippen LogP contribution in [0.1, 0.15) is 29.3 Å². The molecular formula is C22H21Cl3N3O3+. The molecule has 1 amide bonds. The summed E-state index contributed by atoms with van der Waals surface area (Å²) < 4.78 is -0.753. The van der Waals surface area contributed by atoms with Crippen molar-refractivity contribution in [1.82, 2.24) is 0 Å². The van der Waals surface area contributed by atoms with E-state index in [1.807, 2.05) is 0 Å². The van der Waals surface area contributed by atoms with Gasteiger partial charge in [0.05, 0.1) is 5.02 Å². The van der Waals surface area contributed by atoms with Crippen molar-refractivity contribution in [1.29, 1.82) is 0 Å². The molecule has 1 aliphatic heterocycles. The van der Waals surface area contributed by atoms with Crippen molar-refractivity contribution in [3.05, 3.63) is 81.6 Å². The number of carboxylic acid groups (broad SMARTS) is 1. The maximum absolute atomic E-state index is 13.7. The van der Waals surface area contributed by atoms with Gasteiger partial charge in [0.2, 0.25) is 6.34 Å². The number of nitrogens with zero attached hydrogens (tertiary/aromatic N) is 2. The molecule has 1 aliphatic rings. The minimum Gasteiger partial charge on any atom is -0.435 e. The smallest absolute Gasteiger partial charge is 0.435 e. The van der Waals surface area contributed by atoms with Crippen LogP contribution in [0.5, 0.6) is 0 Å². The van der Waals surface area contributed by atoms with Crippen molar-refractivity contribution < 1.29 is 19.2 Å². The molecule has 31 heavy (non-hydrogen) atoms. The maximum Gasteiger partial charge on any atom is 0.524 e. The van der Waals surface area contributed by atoms with E-state index in [1.54, 1.807) is 37.3 Å². The molecule has 0 fully saturated rings. The lowest BCUT2D eigenvalue weighted by molar-refractivity contribution is -0.703. The normalized spacial score (nSPS) is 20.7. The summed E-state index contributed by atoms with van der Waals surface area (Å²) in [6, 6.07) is 12.8. The van der Waals surface area contributed by atoms with Crippen molar-refractivity contribution in [2.24, 2.45) is 10.7 Å². The fourth-order valence-corrected chi connectivity index (χ4v) is 4.37. The number of rotatable bonds is 7. The van der Waals surface area contributed by atoms with Crippen molar-refractivity contribution in [3.8, 4) is 0 Å². The number of ketones is 1. The van der Waals surface area contributed by atoms with Gasteiger partial charge in [0, 0.05) is 23.0 Å². The number of nitrogens with two attached hydrogens (primary N) is 1. The second kappa shape index (κ2) is 9.10. The molecule has 0 saturated carbocycles. The van der Waals surface area contributed by atoms with Gasteiger partial charge in [-0.15, -0.1) is 0 Å². The van der Waals surface area contributed by atoms with Crippen LogP contribution in [0.3, 0.4) is 0 Å². The Bertz CT molecular complexity index is 1070. The zero-order chi connectivity index (χ0) is 22.8. The SMILES string of the molecule is C[C@@H](N)CC1=C[N+](CC(Cl)(C(=O)c2ccc(Cl)cc2Cl)c2ccccc2)(C(=O)O)C=N1. The highest BCUT2D eigenvalue weighted by atomic mass is 35.5. The first-order chi connectivity index (χ1) is 14.6. The Morgan fingerprint density at radius 2 is 1.87 bits per heavy atom. The number of alkyl halides is 1. The Balaban J connectivity index is 2.12. The number of hydrogen-bond donors (Lipinski definition) is 2. The summed E-state index contributed by atoms with van der Waals surface area (Å²) in [4.78, 5) is 28.5. The molecule has 6 nitrogen and oxygen atoms in total. The molecule has 0 spiro atoms. The number of aliphatic imine (C=N–C) groups is 1. The quantitative estimate of drug-likeness (QED) is 0.313. The van der Waals surface area contributed by atoms with Crippen LogP contribution in [0.25, 0.3) is 0 Å². The molecule has 2 aromatic rings. The van der Waals surface area contributed by atoms with Gasteiger partial charge in [0.1, 0.15) is 18.4 Å². The number of halogens is 3. The predicted molar refractivity (Wildman–Crippen MR) is 123 cm³/mol. The lowest BCUT2D eigenvalue weighted by Gasteiger charge is -2.32. The van der Waals surface area contributed by atoms with Crippen LogP contribution in [0.15, 0.2) is 65.4 Å². The van der Waals surface area contributed by atoms with E-state index in [9.17, 15) is 14.7 Å². The highest BCUT2D eigenvalue weighted by Gasteiger charge is 2.51. The van der Waals surface area contributed by atoms with Crippen LogP contribution < -0.4 is 5.73 Å². The Labute approximate surface area is 195 Å². The van der Waals surface area contributed by atoms with Crippen LogP contribution >= 0.6 is 34.8 Å². The molecule has 3 atom stereocenters. The molecule has 0 saturated heterocycles. The molecule has 3 N–H and O–H groups in total. The third-order valence-electron chi connectivity index (χ3n) is 4.94. The second-order valence-electron chi connectivity index (χ2n) is 7.54. The van der Waals surface area contributed by atoms with Crippen LogP contribution in [0.2, 0.25) is 10.0 Å². The van der Waals surface area contributed by atoms with Gasteiger partial charge < -0.3 is 10.8 Å². The van der Waals surface area contributed by atoms with Crippen LogP contribution in [0.4, 0.5) is 4.79 Å². The Kier molecular flexibility index (Phi) is 6.88. The fourth-order valence-electron chi connectivity index (χ4n) is 3.45. The first kappa shape index (κ1) is 23.4. The van der Waals surface area contributed by atoms with Crippen LogP contribution in [0, 0.1) is 0 Å². The van der Waals surface area contributed by atoms with Crippen molar-refractivity contribution in [2.45, 2.75) is 24.3 Å². The lowest BCUT2D eigenvalue weighted by atomic mass is 9.88. The summed E-state index contributed by atoms with van der Waals surface area (Å²) in [7, 11) is 0. The molecule has 3 rings (SSSR count). The van der Waals surface area contributed by atoms with E-state index in [0.717, 1.165) is 0 Å². The van der Waals surface area contributed by atoms with Gasteiger partial charge in [-0.3, -0.25) is 4.79 Å².